The molecule has 94 valence electrons. The number of rotatable bonds is 6. The SMILES string of the molecule is COCCSCC(=O)N[C@@H]1CCC[C@H](C)C1. The Bertz CT molecular complexity index is 211. The summed E-state index contributed by atoms with van der Waals surface area (Å²) in [6, 6.07) is 0.416. The van der Waals surface area contributed by atoms with Crippen LogP contribution in [0.5, 0.6) is 0 Å². The van der Waals surface area contributed by atoms with Crippen LogP contribution in [0, 0.1) is 5.92 Å². The molecule has 0 aromatic carbocycles. The summed E-state index contributed by atoms with van der Waals surface area (Å²) in [7, 11) is 1.68. The van der Waals surface area contributed by atoms with E-state index in [1.165, 1.54) is 12.8 Å². The van der Waals surface area contributed by atoms with Gasteiger partial charge in [0.25, 0.3) is 0 Å². The van der Waals surface area contributed by atoms with Crippen LogP contribution in [0.4, 0.5) is 0 Å². The second-order valence-corrected chi connectivity index (χ2v) is 5.69. The molecule has 1 amide bonds. The van der Waals surface area contributed by atoms with Crippen molar-refractivity contribution in [1.29, 1.82) is 0 Å². The van der Waals surface area contributed by atoms with Gasteiger partial charge in [0.2, 0.25) is 5.91 Å². The molecule has 16 heavy (non-hydrogen) atoms. The van der Waals surface area contributed by atoms with E-state index in [0.717, 1.165) is 31.1 Å². The molecule has 1 N–H and O–H groups in total. The van der Waals surface area contributed by atoms with Crippen LogP contribution in [0.1, 0.15) is 32.6 Å². The number of methoxy groups -OCH3 is 1. The zero-order valence-electron chi connectivity index (χ0n) is 10.3. The van der Waals surface area contributed by atoms with Gasteiger partial charge < -0.3 is 10.1 Å². The fraction of sp³-hybridized carbons (Fsp3) is 0.917. The first-order valence-corrected chi connectivity index (χ1v) is 7.24. The summed E-state index contributed by atoms with van der Waals surface area (Å²) in [4.78, 5) is 11.6. The van der Waals surface area contributed by atoms with Crippen LogP contribution in [0.2, 0.25) is 0 Å². The fourth-order valence-corrected chi connectivity index (χ4v) is 2.84. The van der Waals surface area contributed by atoms with E-state index in [4.69, 9.17) is 4.74 Å². The summed E-state index contributed by atoms with van der Waals surface area (Å²) in [6.45, 7) is 2.99. The lowest BCUT2D eigenvalue weighted by atomic mass is 9.87. The standard InChI is InChI=1S/C12H23NO2S/c1-10-4-3-5-11(8-10)13-12(14)9-16-7-6-15-2/h10-11H,3-9H2,1-2H3,(H,13,14)/t10-,11+/m0/s1. The molecule has 1 aliphatic carbocycles. The molecule has 0 aromatic heterocycles. The number of hydrogen-bond acceptors (Lipinski definition) is 3. The minimum Gasteiger partial charge on any atom is -0.384 e. The van der Waals surface area contributed by atoms with Crippen LogP contribution in [0.25, 0.3) is 0 Å². The zero-order chi connectivity index (χ0) is 11.8. The smallest absolute Gasteiger partial charge is 0.230 e. The van der Waals surface area contributed by atoms with E-state index in [2.05, 4.69) is 12.2 Å². The Labute approximate surface area is 103 Å². The first-order chi connectivity index (χ1) is 7.72. The Kier molecular flexibility index (Phi) is 6.88. The molecular weight excluding hydrogens is 222 g/mol. The average molecular weight is 245 g/mol. The molecule has 1 saturated carbocycles. The van der Waals surface area contributed by atoms with Gasteiger partial charge in [0.1, 0.15) is 0 Å². The third-order valence-corrected chi connectivity index (χ3v) is 3.89. The van der Waals surface area contributed by atoms with Gasteiger partial charge in [-0.2, -0.15) is 0 Å². The highest BCUT2D eigenvalue weighted by Crippen LogP contribution is 2.23. The van der Waals surface area contributed by atoms with Crippen molar-refractivity contribution in [3.63, 3.8) is 0 Å². The van der Waals surface area contributed by atoms with Crippen LogP contribution in [-0.4, -0.2) is 37.2 Å². The molecule has 0 aromatic rings. The monoisotopic (exact) mass is 245 g/mol. The normalized spacial score (nSPS) is 25.4. The summed E-state index contributed by atoms with van der Waals surface area (Å²) in [5, 5.41) is 3.13. The van der Waals surface area contributed by atoms with Crippen molar-refractivity contribution >= 4 is 17.7 Å². The van der Waals surface area contributed by atoms with Crippen LogP contribution < -0.4 is 5.32 Å². The zero-order valence-corrected chi connectivity index (χ0v) is 11.1. The molecular formula is C12H23NO2S. The summed E-state index contributed by atoms with van der Waals surface area (Å²) in [5.74, 6) is 2.40. The maximum atomic E-state index is 11.6. The Morgan fingerprint density at radius 3 is 3.00 bits per heavy atom. The predicted molar refractivity (Wildman–Crippen MR) is 68.8 cm³/mol. The number of thioether (sulfide) groups is 1. The number of ether oxygens (including phenoxy) is 1. The third kappa shape index (κ3) is 5.75. The van der Waals surface area contributed by atoms with Gasteiger partial charge in [-0.05, 0) is 18.8 Å². The van der Waals surface area contributed by atoms with Crippen molar-refractivity contribution in [3.8, 4) is 0 Å². The van der Waals surface area contributed by atoms with Crippen LogP contribution >= 0.6 is 11.8 Å². The first-order valence-electron chi connectivity index (χ1n) is 6.08. The van der Waals surface area contributed by atoms with Crippen molar-refractivity contribution in [2.75, 3.05) is 25.2 Å². The van der Waals surface area contributed by atoms with E-state index >= 15 is 0 Å². The van der Waals surface area contributed by atoms with E-state index in [9.17, 15) is 4.79 Å². The van der Waals surface area contributed by atoms with E-state index in [1.807, 2.05) is 0 Å². The van der Waals surface area contributed by atoms with E-state index < -0.39 is 0 Å². The van der Waals surface area contributed by atoms with Gasteiger partial charge in [0.15, 0.2) is 0 Å². The number of amides is 1. The fourth-order valence-electron chi connectivity index (χ4n) is 2.14. The van der Waals surface area contributed by atoms with Crippen molar-refractivity contribution in [1.82, 2.24) is 5.32 Å². The lowest BCUT2D eigenvalue weighted by Gasteiger charge is -2.27. The van der Waals surface area contributed by atoms with E-state index in [1.54, 1.807) is 18.9 Å². The van der Waals surface area contributed by atoms with Crippen molar-refractivity contribution in [2.45, 2.75) is 38.6 Å². The molecule has 3 nitrogen and oxygen atoms in total. The molecule has 0 unspecified atom stereocenters. The van der Waals surface area contributed by atoms with Crippen molar-refractivity contribution in [2.24, 2.45) is 5.92 Å². The highest BCUT2D eigenvalue weighted by atomic mass is 32.2. The molecule has 0 heterocycles. The lowest BCUT2D eigenvalue weighted by Crippen LogP contribution is -2.39. The molecule has 0 aliphatic heterocycles. The number of nitrogens with one attached hydrogen (secondary N) is 1. The molecule has 1 aliphatic rings. The highest BCUT2D eigenvalue weighted by molar-refractivity contribution is 7.99. The van der Waals surface area contributed by atoms with Gasteiger partial charge in [-0.25, -0.2) is 0 Å². The van der Waals surface area contributed by atoms with Gasteiger partial charge in [-0.15, -0.1) is 11.8 Å². The van der Waals surface area contributed by atoms with Gasteiger partial charge in [0, 0.05) is 18.9 Å². The minimum atomic E-state index is 0.181. The Balaban J connectivity index is 2.08. The molecule has 0 spiro atoms. The van der Waals surface area contributed by atoms with Gasteiger partial charge >= 0.3 is 0 Å². The third-order valence-electron chi connectivity index (χ3n) is 2.97. The second kappa shape index (κ2) is 7.96. The lowest BCUT2D eigenvalue weighted by molar-refractivity contribution is -0.119. The summed E-state index contributed by atoms with van der Waals surface area (Å²) in [6.07, 6.45) is 4.87. The Morgan fingerprint density at radius 1 is 1.50 bits per heavy atom. The summed E-state index contributed by atoms with van der Waals surface area (Å²) in [5.41, 5.74) is 0. The molecule has 0 saturated heterocycles. The van der Waals surface area contributed by atoms with Gasteiger partial charge in [0.05, 0.1) is 12.4 Å². The van der Waals surface area contributed by atoms with Crippen molar-refractivity contribution < 1.29 is 9.53 Å². The first kappa shape index (κ1) is 13.8. The second-order valence-electron chi connectivity index (χ2n) is 4.58. The van der Waals surface area contributed by atoms with Gasteiger partial charge in [-0.1, -0.05) is 19.8 Å². The number of carbonyl (C=O) groups is 1. The molecule has 1 fully saturated rings. The maximum absolute atomic E-state index is 11.6. The van der Waals surface area contributed by atoms with Crippen LogP contribution in [0.15, 0.2) is 0 Å². The van der Waals surface area contributed by atoms with E-state index in [-0.39, 0.29) is 5.91 Å². The highest BCUT2D eigenvalue weighted by Gasteiger charge is 2.19. The molecule has 0 radical (unpaired) electrons. The van der Waals surface area contributed by atoms with Crippen molar-refractivity contribution in [3.05, 3.63) is 0 Å². The largest absolute Gasteiger partial charge is 0.384 e. The van der Waals surface area contributed by atoms with Crippen LogP contribution in [0.3, 0.4) is 0 Å². The quantitative estimate of drug-likeness (QED) is 0.728. The molecule has 2 atom stereocenters. The van der Waals surface area contributed by atoms with Gasteiger partial charge in [-0.3, -0.25) is 4.79 Å². The van der Waals surface area contributed by atoms with E-state index in [0.29, 0.717) is 11.8 Å². The minimum absolute atomic E-state index is 0.181. The average Bonchev–Trinajstić information content (AvgIpc) is 2.24. The number of hydrogen-bond donors (Lipinski definition) is 1. The Hall–Kier alpha value is -0.220. The maximum Gasteiger partial charge on any atom is 0.230 e. The molecule has 0 bridgehead atoms. The van der Waals surface area contributed by atoms with Crippen LogP contribution in [-0.2, 0) is 9.53 Å². The summed E-state index contributed by atoms with van der Waals surface area (Å²) < 4.78 is 4.94. The number of carbonyl (C=O) groups excluding carboxylic acids is 1. The predicted octanol–water partition coefficient (Wildman–Crippen LogP) is 2.06. The summed E-state index contributed by atoms with van der Waals surface area (Å²) >= 11 is 1.64. The molecule has 4 heteroatoms. The Morgan fingerprint density at radius 2 is 2.31 bits per heavy atom. The topological polar surface area (TPSA) is 38.3 Å². The molecule has 1 rings (SSSR count).